The summed E-state index contributed by atoms with van der Waals surface area (Å²) in [6, 6.07) is 9.62. The molecule has 0 fully saturated rings. The van der Waals surface area contributed by atoms with Gasteiger partial charge in [-0.05, 0) is 12.0 Å². The highest BCUT2D eigenvalue weighted by molar-refractivity contribution is 5.16. The molecule has 0 aliphatic heterocycles. The van der Waals surface area contributed by atoms with Gasteiger partial charge in [0.15, 0.2) is 0 Å². The van der Waals surface area contributed by atoms with Crippen LogP contribution in [-0.2, 0) is 11.2 Å². The Bertz CT molecular complexity index is 251. The first-order chi connectivity index (χ1) is 6.74. The Morgan fingerprint density at radius 3 is 2.57 bits per heavy atom. The first-order valence-corrected chi connectivity index (χ1v) is 4.70. The van der Waals surface area contributed by atoms with Crippen molar-refractivity contribution in [3.05, 3.63) is 35.9 Å². The van der Waals surface area contributed by atoms with E-state index >= 15 is 0 Å². The summed E-state index contributed by atoms with van der Waals surface area (Å²) in [5.41, 5.74) is 6.94. The second-order valence-corrected chi connectivity index (χ2v) is 3.38. The molecule has 1 aromatic rings. The summed E-state index contributed by atoms with van der Waals surface area (Å²) < 4.78 is 4.83. The molecule has 2 atom stereocenters. The van der Waals surface area contributed by atoms with Crippen LogP contribution >= 0.6 is 0 Å². The molecule has 1 rings (SSSR count). The maximum absolute atomic E-state index is 9.53. The minimum absolute atomic E-state index is 0.266. The van der Waals surface area contributed by atoms with Gasteiger partial charge in [-0.15, -0.1) is 0 Å². The number of aliphatic hydroxyl groups excluding tert-OH is 1. The number of rotatable bonds is 5. The van der Waals surface area contributed by atoms with Crippen molar-refractivity contribution < 1.29 is 9.84 Å². The van der Waals surface area contributed by atoms with Gasteiger partial charge in [0, 0.05) is 13.2 Å². The molecule has 0 amide bonds. The number of ether oxygens (including phenoxy) is 1. The molecule has 0 aromatic heterocycles. The Balaban J connectivity index is 2.44. The van der Waals surface area contributed by atoms with E-state index in [-0.39, 0.29) is 12.6 Å². The molecule has 0 spiro atoms. The minimum atomic E-state index is -0.597. The van der Waals surface area contributed by atoms with Gasteiger partial charge in [-0.2, -0.15) is 0 Å². The predicted octanol–water partition coefficient (Wildman–Crippen LogP) is 0.564. The molecule has 3 N–H and O–H groups in total. The predicted molar refractivity (Wildman–Crippen MR) is 56.0 cm³/mol. The van der Waals surface area contributed by atoms with Crippen LogP contribution in [0.3, 0.4) is 0 Å². The zero-order chi connectivity index (χ0) is 10.4. The molecule has 3 heteroatoms. The fourth-order valence-electron chi connectivity index (χ4n) is 1.32. The molecule has 3 nitrogen and oxygen atoms in total. The highest BCUT2D eigenvalue weighted by Crippen LogP contribution is 2.04. The molecule has 0 bridgehead atoms. The number of hydrogen-bond acceptors (Lipinski definition) is 3. The molecular formula is C11H17NO2. The van der Waals surface area contributed by atoms with Gasteiger partial charge < -0.3 is 15.6 Å². The molecule has 0 saturated carbocycles. The summed E-state index contributed by atoms with van der Waals surface area (Å²) in [7, 11) is 1.55. The monoisotopic (exact) mass is 195 g/mol. The van der Waals surface area contributed by atoms with E-state index in [1.54, 1.807) is 7.11 Å². The van der Waals surface area contributed by atoms with Crippen molar-refractivity contribution in [1.82, 2.24) is 0 Å². The maximum Gasteiger partial charge on any atom is 0.0927 e. The van der Waals surface area contributed by atoms with E-state index in [0.717, 1.165) is 5.56 Å². The van der Waals surface area contributed by atoms with Gasteiger partial charge in [0.25, 0.3) is 0 Å². The van der Waals surface area contributed by atoms with Crippen molar-refractivity contribution in [3.8, 4) is 0 Å². The molecular weight excluding hydrogens is 178 g/mol. The quantitative estimate of drug-likeness (QED) is 0.722. The molecule has 0 aliphatic rings. The van der Waals surface area contributed by atoms with Gasteiger partial charge in [0.1, 0.15) is 0 Å². The van der Waals surface area contributed by atoms with E-state index in [9.17, 15) is 5.11 Å². The fourth-order valence-corrected chi connectivity index (χ4v) is 1.32. The lowest BCUT2D eigenvalue weighted by Crippen LogP contribution is -2.39. The van der Waals surface area contributed by atoms with Crippen LogP contribution in [-0.4, -0.2) is 31.0 Å². The molecule has 0 aliphatic carbocycles. The SMILES string of the molecule is COCC(O)C(N)Cc1ccccc1. The van der Waals surface area contributed by atoms with Crippen LogP contribution < -0.4 is 5.73 Å². The van der Waals surface area contributed by atoms with E-state index in [1.807, 2.05) is 30.3 Å². The lowest BCUT2D eigenvalue weighted by molar-refractivity contribution is 0.0480. The molecule has 78 valence electrons. The normalized spacial score (nSPS) is 15.1. The molecule has 0 radical (unpaired) electrons. The van der Waals surface area contributed by atoms with E-state index in [1.165, 1.54) is 0 Å². The third-order valence-corrected chi connectivity index (χ3v) is 2.15. The summed E-state index contributed by atoms with van der Waals surface area (Å²) >= 11 is 0. The van der Waals surface area contributed by atoms with E-state index in [0.29, 0.717) is 6.42 Å². The van der Waals surface area contributed by atoms with Crippen LogP contribution in [0.2, 0.25) is 0 Å². The van der Waals surface area contributed by atoms with Crippen molar-refractivity contribution in [2.24, 2.45) is 5.73 Å². The highest BCUT2D eigenvalue weighted by atomic mass is 16.5. The fraction of sp³-hybridized carbons (Fsp3) is 0.455. The second-order valence-electron chi connectivity index (χ2n) is 3.38. The second kappa shape index (κ2) is 5.75. The number of nitrogens with two attached hydrogens (primary N) is 1. The number of hydrogen-bond donors (Lipinski definition) is 2. The van der Waals surface area contributed by atoms with Crippen LogP contribution in [0.1, 0.15) is 5.56 Å². The summed E-state index contributed by atoms with van der Waals surface area (Å²) in [6.07, 6.45) is 0.0750. The van der Waals surface area contributed by atoms with Gasteiger partial charge >= 0.3 is 0 Å². The zero-order valence-corrected chi connectivity index (χ0v) is 8.39. The summed E-state index contributed by atoms with van der Waals surface area (Å²) in [4.78, 5) is 0. The van der Waals surface area contributed by atoms with Crippen LogP contribution in [0, 0.1) is 0 Å². The third kappa shape index (κ3) is 3.46. The van der Waals surface area contributed by atoms with Crippen LogP contribution in [0.5, 0.6) is 0 Å². The average Bonchev–Trinajstić information content (AvgIpc) is 2.19. The Morgan fingerprint density at radius 2 is 2.00 bits per heavy atom. The number of methoxy groups -OCH3 is 1. The van der Waals surface area contributed by atoms with E-state index in [4.69, 9.17) is 10.5 Å². The van der Waals surface area contributed by atoms with Crippen molar-refractivity contribution in [1.29, 1.82) is 0 Å². The standard InChI is InChI=1S/C11H17NO2/c1-14-8-11(13)10(12)7-9-5-3-2-4-6-9/h2-6,10-11,13H,7-8,12H2,1H3. The first kappa shape index (κ1) is 11.2. The van der Waals surface area contributed by atoms with Crippen molar-refractivity contribution in [3.63, 3.8) is 0 Å². The number of benzene rings is 1. The topological polar surface area (TPSA) is 55.5 Å². The van der Waals surface area contributed by atoms with Gasteiger partial charge in [0.2, 0.25) is 0 Å². The van der Waals surface area contributed by atoms with Crippen molar-refractivity contribution in [2.75, 3.05) is 13.7 Å². The molecule has 2 unspecified atom stereocenters. The third-order valence-electron chi connectivity index (χ3n) is 2.15. The largest absolute Gasteiger partial charge is 0.389 e. The first-order valence-electron chi connectivity index (χ1n) is 4.70. The van der Waals surface area contributed by atoms with Gasteiger partial charge in [-0.25, -0.2) is 0 Å². The molecule has 14 heavy (non-hydrogen) atoms. The molecule has 0 saturated heterocycles. The zero-order valence-electron chi connectivity index (χ0n) is 8.39. The number of aliphatic hydroxyl groups is 1. The minimum Gasteiger partial charge on any atom is -0.389 e. The highest BCUT2D eigenvalue weighted by Gasteiger charge is 2.14. The van der Waals surface area contributed by atoms with E-state index in [2.05, 4.69) is 0 Å². The molecule has 0 heterocycles. The lowest BCUT2D eigenvalue weighted by Gasteiger charge is -2.17. The Hall–Kier alpha value is -0.900. The molecule has 1 aromatic carbocycles. The lowest BCUT2D eigenvalue weighted by atomic mass is 10.0. The van der Waals surface area contributed by atoms with Crippen LogP contribution in [0.25, 0.3) is 0 Å². The van der Waals surface area contributed by atoms with Gasteiger partial charge in [0.05, 0.1) is 12.7 Å². The Kier molecular flexibility index (Phi) is 4.59. The summed E-state index contributed by atoms with van der Waals surface area (Å²) in [5, 5.41) is 9.53. The van der Waals surface area contributed by atoms with E-state index < -0.39 is 6.10 Å². The summed E-state index contributed by atoms with van der Waals surface area (Å²) in [5.74, 6) is 0. The van der Waals surface area contributed by atoms with Crippen LogP contribution in [0.4, 0.5) is 0 Å². The Labute approximate surface area is 84.5 Å². The van der Waals surface area contributed by atoms with Crippen molar-refractivity contribution in [2.45, 2.75) is 18.6 Å². The Morgan fingerprint density at radius 1 is 1.36 bits per heavy atom. The smallest absolute Gasteiger partial charge is 0.0927 e. The van der Waals surface area contributed by atoms with Crippen LogP contribution in [0.15, 0.2) is 30.3 Å². The summed E-state index contributed by atoms with van der Waals surface area (Å²) in [6.45, 7) is 0.286. The van der Waals surface area contributed by atoms with Gasteiger partial charge in [-0.3, -0.25) is 0 Å². The van der Waals surface area contributed by atoms with Crippen molar-refractivity contribution >= 4 is 0 Å². The van der Waals surface area contributed by atoms with Gasteiger partial charge in [-0.1, -0.05) is 30.3 Å². The average molecular weight is 195 g/mol. The maximum atomic E-state index is 9.53.